The number of benzene rings is 1. The standard InChI is InChI=1S/C34H52N5O9P/c1-27(2)39(28(3)4)49(47-24-12-18-35)46-23-11-9-8-10-13-29-14-16-30(17-15-29)48-31-25-37(33(41)44-6)21-19-36(32(40)43-5)20-22-38(26-31)34(42)45-7/h14-17,27-28,31H,8-9,11-12,19-26H2,1-7H3. The summed E-state index contributed by atoms with van der Waals surface area (Å²) in [7, 11) is 2.59. The van der Waals surface area contributed by atoms with Crippen LogP contribution in [0.2, 0.25) is 0 Å². The first kappa shape index (κ1) is 41.4. The highest BCUT2D eigenvalue weighted by Crippen LogP contribution is 2.46. The molecule has 0 bridgehead atoms. The summed E-state index contributed by atoms with van der Waals surface area (Å²) in [4.78, 5) is 41.8. The molecule has 1 aliphatic rings. The second-order valence-corrected chi connectivity index (χ2v) is 13.1. The quantitative estimate of drug-likeness (QED) is 0.112. The lowest BCUT2D eigenvalue weighted by molar-refractivity contribution is 0.0507. The Morgan fingerprint density at radius 1 is 0.796 bits per heavy atom. The van der Waals surface area contributed by atoms with Gasteiger partial charge in [-0.05, 0) is 64.8 Å². The third-order valence-electron chi connectivity index (χ3n) is 7.38. The maximum atomic E-state index is 12.6. The lowest BCUT2D eigenvalue weighted by Gasteiger charge is -2.35. The van der Waals surface area contributed by atoms with Gasteiger partial charge in [-0.15, -0.1) is 0 Å². The van der Waals surface area contributed by atoms with E-state index in [9.17, 15) is 14.4 Å². The van der Waals surface area contributed by atoms with E-state index in [1.807, 2.05) is 12.1 Å². The van der Waals surface area contributed by atoms with Crippen molar-refractivity contribution in [2.45, 2.75) is 71.6 Å². The van der Waals surface area contributed by atoms with Gasteiger partial charge >= 0.3 is 18.3 Å². The molecule has 0 aromatic heterocycles. The van der Waals surface area contributed by atoms with Crippen LogP contribution in [0.5, 0.6) is 5.75 Å². The van der Waals surface area contributed by atoms with Gasteiger partial charge in [-0.1, -0.05) is 11.8 Å². The Labute approximate surface area is 292 Å². The highest BCUT2D eigenvalue weighted by Gasteiger charge is 2.30. The lowest BCUT2D eigenvalue weighted by atomic mass is 10.2. The van der Waals surface area contributed by atoms with Gasteiger partial charge in [-0.2, -0.15) is 5.26 Å². The average molecular weight is 706 g/mol. The van der Waals surface area contributed by atoms with Crippen LogP contribution in [0.15, 0.2) is 24.3 Å². The van der Waals surface area contributed by atoms with E-state index in [0.29, 0.717) is 31.8 Å². The fourth-order valence-corrected chi connectivity index (χ4v) is 6.68. The monoisotopic (exact) mass is 705 g/mol. The number of ether oxygens (including phenoxy) is 4. The van der Waals surface area contributed by atoms with Gasteiger partial charge < -0.3 is 42.7 Å². The number of hydrogen-bond acceptors (Lipinski definition) is 11. The van der Waals surface area contributed by atoms with Crippen LogP contribution < -0.4 is 4.74 Å². The maximum absolute atomic E-state index is 12.6. The van der Waals surface area contributed by atoms with Crippen LogP contribution in [-0.4, -0.2) is 130 Å². The van der Waals surface area contributed by atoms with Crippen LogP contribution in [0.3, 0.4) is 0 Å². The van der Waals surface area contributed by atoms with E-state index in [0.717, 1.165) is 18.4 Å². The number of carbonyl (C=O) groups is 3. The highest BCUT2D eigenvalue weighted by atomic mass is 31.2. The van der Waals surface area contributed by atoms with Gasteiger partial charge in [-0.25, -0.2) is 19.1 Å². The summed E-state index contributed by atoms with van der Waals surface area (Å²) in [6.07, 6.45) is 0.379. The number of hydrogen-bond donors (Lipinski definition) is 0. The SMILES string of the molecule is COC(=O)N1CCN(C(=O)OC)CC(Oc2ccc(C#CCCCCOP(OCCC#N)N(C(C)C)C(C)C)cc2)CN(C(=O)OC)CC1. The molecule has 1 fully saturated rings. The minimum Gasteiger partial charge on any atom is -0.487 e. The minimum atomic E-state index is -1.24. The lowest BCUT2D eigenvalue weighted by Crippen LogP contribution is -2.53. The number of methoxy groups -OCH3 is 3. The van der Waals surface area contributed by atoms with E-state index in [-0.39, 0.29) is 51.4 Å². The van der Waals surface area contributed by atoms with Crippen molar-refractivity contribution >= 4 is 26.8 Å². The summed E-state index contributed by atoms with van der Waals surface area (Å²) >= 11 is 0. The van der Waals surface area contributed by atoms with Crippen molar-refractivity contribution in [3.05, 3.63) is 29.8 Å². The minimum absolute atomic E-state index is 0.0985. The Hall–Kier alpha value is -3.81. The van der Waals surface area contributed by atoms with E-state index in [1.54, 1.807) is 12.1 Å². The van der Waals surface area contributed by atoms with Crippen LogP contribution >= 0.6 is 8.53 Å². The molecule has 1 atom stereocenters. The molecule has 1 aromatic carbocycles. The molecule has 0 aliphatic carbocycles. The fourth-order valence-electron chi connectivity index (χ4n) is 5.05. The van der Waals surface area contributed by atoms with Gasteiger partial charge in [0.2, 0.25) is 0 Å². The summed E-state index contributed by atoms with van der Waals surface area (Å²) in [5.41, 5.74) is 0.823. The van der Waals surface area contributed by atoms with Crippen LogP contribution in [0.1, 0.15) is 58.9 Å². The van der Waals surface area contributed by atoms with Crippen molar-refractivity contribution in [2.75, 3.05) is 73.8 Å². The van der Waals surface area contributed by atoms with Crippen molar-refractivity contribution in [3.8, 4) is 23.7 Å². The Bertz CT molecular complexity index is 1230. The van der Waals surface area contributed by atoms with Crippen molar-refractivity contribution in [2.24, 2.45) is 0 Å². The van der Waals surface area contributed by atoms with Gasteiger partial charge in [0.25, 0.3) is 8.53 Å². The first-order valence-corrected chi connectivity index (χ1v) is 17.6. The third-order valence-corrected chi connectivity index (χ3v) is 9.48. The third kappa shape index (κ3) is 14.7. The van der Waals surface area contributed by atoms with Crippen molar-refractivity contribution in [1.82, 2.24) is 19.4 Å². The maximum Gasteiger partial charge on any atom is 0.409 e. The zero-order chi connectivity index (χ0) is 36.2. The van der Waals surface area contributed by atoms with Crippen molar-refractivity contribution < 1.29 is 42.4 Å². The van der Waals surface area contributed by atoms with Gasteiger partial charge in [0.1, 0.15) is 11.9 Å². The predicted octanol–water partition coefficient (Wildman–Crippen LogP) is 5.47. The number of rotatable bonds is 13. The van der Waals surface area contributed by atoms with E-state index in [2.05, 4.69) is 50.3 Å². The molecule has 0 saturated carbocycles. The number of amides is 3. The molecule has 3 amide bonds. The topological polar surface area (TPSA) is 143 Å². The highest BCUT2D eigenvalue weighted by molar-refractivity contribution is 7.44. The molecule has 1 heterocycles. The normalized spacial score (nSPS) is 14.9. The molecule has 1 aromatic rings. The number of carbonyl (C=O) groups excluding carboxylic acids is 3. The summed E-state index contributed by atoms with van der Waals surface area (Å²) in [6.45, 7) is 10.3. The van der Waals surface area contributed by atoms with Gasteiger partial charge in [0, 0.05) is 50.2 Å². The van der Waals surface area contributed by atoms with Gasteiger partial charge in [0.15, 0.2) is 0 Å². The molecule has 272 valence electrons. The van der Waals surface area contributed by atoms with Crippen LogP contribution in [0.4, 0.5) is 14.4 Å². The molecule has 14 nitrogen and oxygen atoms in total. The fraction of sp³-hybridized carbons (Fsp3) is 0.647. The molecule has 1 saturated heterocycles. The average Bonchev–Trinajstić information content (AvgIpc) is 3.09. The molecule has 0 spiro atoms. The summed E-state index contributed by atoms with van der Waals surface area (Å²) in [5, 5.41) is 8.88. The van der Waals surface area contributed by atoms with E-state index < -0.39 is 32.9 Å². The second-order valence-electron chi connectivity index (χ2n) is 11.7. The number of unbranched alkanes of at least 4 members (excludes halogenated alkanes) is 2. The van der Waals surface area contributed by atoms with Crippen LogP contribution in [0, 0.1) is 23.2 Å². The van der Waals surface area contributed by atoms with Crippen molar-refractivity contribution in [3.63, 3.8) is 0 Å². The molecule has 0 radical (unpaired) electrons. The zero-order valence-electron chi connectivity index (χ0n) is 29.9. The molecule has 1 unspecified atom stereocenters. The Kier molecular flexibility index (Phi) is 19.2. The van der Waals surface area contributed by atoms with E-state index in [4.69, 9.17) is 33.3 Å². The van der Waals surface area contributed by atoms with Crippen LogP contribution in [0.25, 0.3) is 0 Å². The number of nitrogens with zero attached hydrogens (tertiary/aromatic N) is 5. The Morgan fingerprint density at radius 2 is 1.31 bits per heavy atom. The molecular weight excluding hydrogens is 653 g/mol. The zero-order valence-corrected chi connectivity index (χ0v) is 30.8. The first-order chi connectivity index (χ1) is 23.5. The molecule has 15 heteroatoms. The molecule has 2 rings (SSSR count). The summed E-state index contributed by atoms with van der Waals surface area (Å²) < 4.78 is 35.3. The smallest absolute Gasteiger partial charge is 0.409 e. The largest absolute Gasteiger partial charge is 0.487 e. The van der Waals surface area contributed by atoms with Gasteiger partial charge in [0.05, 0.1) is 60.1 Å². The number of nitriles is 1. The molecule has 49 heavy (non-hydrogen) atoms. The molecular formula is C34H52N5O9P. The first-order valence-electron chi connectivity index (χ1n) is 16.5. The van der Waals surface area contributed by atoms with E-state index >= 15 is 0 Å². The molecule has 0 N–H and O–H groups in total. The summed E-state index contributed by atoms with van der Waals surface area (Å²) in [5.74, 6) is 6.94. The predicted molar refractivity (Wildman–Crippen MR) is 185 cm³/mol. The van der Waals surface area contributed by atoms with Gasteiger partial charge in [-0.3, -0.25) is 0 Å². The Balaban J connectivity index is 2.00. The molecule has 1 aliphatic heterocycles. The van der Waals surface area contributed by atoms with Crippen LogP contribution in [-0.2, 0) is 23.3 Å². The van der Waals surface area contributed by atoms with Crippen molar-refractivity contribution in [1.29, 1.82) is 5.26 Å². The summed E-state index contributed by atoms with van der Waals surface area (Å²) in [6, 6.07) is 9.93. The van der Waals surface area contributed by atoms with E-state index in [1.165, 1.54) is 36.0 Å². The second kappa shape index (κ2) is 22.8. The Morgan fingerprint density at radius 3 is 1.82 bits per heavy atom.